The summed E-state index contributed by atoms with van der Waals surface area (Å²) in [6.45, 7) is 7.89. The second kappa shape index (κ2) is 5.12. The van der Waals surface area contributed by atoms with E-state index in [0.717, 1.165) is 0 Å². The molecule has 0 aliphatic carbocycles. The first-order chi connectivity index (χ1) is 9.81. The van der Waals surface area contributed by atoms with Crippen LogP contribution in [-0.4, -0.2) is 61.9 Å². The Kier molecular flexibility index (Phi) is 3.68. The molecule has 3 aliphatic heterocycles. The molecular formula is C14H22N2O5. The van der Waals surface area contributed by atoms with E-state index in [2.05, 4.69) is 16.0 Å². The van der Waals surface area contributed by atoms with Gasteiger partial charge in [0.05, 0.1) is 12.6 Å². The largest absolute Gasteiger partial charge is 0.342 e. The van der Waals surface area contributed by atoms with Crippen LogP contribution in [0.15, 0.2) is 9.98 Å². The molecule has 0 N–H and O–H groups in total. The van der Waals surface area contributed by atoms with E-state index >= 15 is 0 Å². The Morgan fingerprint density at radius 2 is 1.52 bits per heavy atom. The maximum absolute atomic E-state index is 6.00. The van der Waals surface area contributed by atoms with Gasteiger partial charge in [0.1, 0.15) is 24.4 Å². The third kappa shape index (κ3) is 2.90. The van der Waals surface area contributed by atoms with Crippen molar-refractivity contribution in [3.05, 3.63) is 0 Å². The van der Waals surface area contributed by atoms with Crippen molar-refractivity contribution >= 4 is 6.01 Å². The van der Waals surface area contributed by atoms with Gasteiger partial charge in [-0.3, -0.25) is 0 Å². The van der Waals surface area contributed by atoms with Crippen molar-refractivity contribution in [2.24, 2.45) is 9.98 Å². The zero-order valence-electron chi connectivity index (χ0n) is 13.0. The SMILES string of the molecule is CN=C=NC[C@H]1O[C@@H]2OC(C)(C)O[C@@H]2[C@H]2OC(C)(C)O[C@H]21. The fourth-order valence-electron chi connectivity index (χ4n) is 3.04. The van der Waals surface area contributed by atoms with Crippen molar-refractivity contribution in [2.45, 2.75) is 70.0 Å². The maximum atomic E-state index is 6.00. The van der Waals surface area contributed by atoms with Crippen molar-refractivity contribution < 1.29 is 23.7 Å². The lowest BCUT2D eigenvalue weighted by Crippen LogP contribution is -2.55. The predicted molar refractivity (Wildman–Crippen MR) is 73.2 cm³/mol. The lowest BCUT2D eigenvalue weighted by atomic mass is 9.99. The van der Waals surface area contributed by atoms with Crippen molar-refractivity contribution in [2.75, 3.05) is 13.6 Å². The maximum Gasteiger partial charge on any atom is 0.190 e. The van der Waals surface area contributed by atoms with E-state index in [1.807, 2.05) is 27.7 Å². The Morgan fingerprint density at radius 1 is 0.905 bits per heavy atom. The molecule has 3 heterocycles. The molecule has 0 spiro atoms. The Hall–Kier alpha value is -0.820. The molecule has 21 heavy (non-hydrogen) atoms. The first-order valence-corrected chi connectivity index (χ1v) is 7.18. The van der Waals surface area contributed by atoms with Gasteiger partial charge in [-0.2, -0.15) is 0 Å². The molecule has 0 bridgehead atoms. The average Bonchev–Trinajstić information content (AvgIpc) is 2.84. The molecule has 3 saturated heterocycles. The highest BCUT2D eigenvalue weighted by molar-refractivity contribution is 5.40. The predicted octanol–water partition coefficient (Wildman–Crippen LogP) is 1.19. The van der Waals surface area contributed by atoms with E-state index in [1.54, 1.807) is 7.05 Å². The Balaban J connectivity index is 1.83. The van der Waals surface area contributed by atoms with Crippen LogP contribution in [0.5, 0.6) is 0 Å². The van der Waals surface area contributed by atoms with Crippen LogP contribution in [0.25, 0.3) is 0 Å². The van der Waals surface area contributed by atoms with Gasteiger partial charge in [-0.15, -0.1) is 0 Å². The third-order valence-corrected chi connectivity index (χ3v) is 3.69. The Bertz CT molecular complexity index is 472. The van der Waals surface area contributed by atoms with Crippen LogP contribution >= 0.6 is 0 Å². The number of aliphatic imine (C=N–C) groups is 2. The first kappa shape index (κ1) is 15.1. The zero-order valence-corrected chi connectivity index (χ0v) is 13.0. The van der Waals surface area contributed by atoms with E-state index in [9.17, 15) is 0 Å². The molecule has 7 heteroatoms. The molecule has 3 fully saturated rings. The highest BCUT2D eigenvalue weighted by Crippen LogP contribution is 2.44. The van der Waals surface area contributed by atoms with Gasteiger partial charge >= 0.3 is 0 Å². The van der Waals surface area contributed by atoms with Gasteiger partial charge in [-0.1, -0.05) is 0 Å². The van der Waals surface area contributed by atoms with Crippen LogP contribution < -0.4 is 0 Å². The van der Waals surface area contributed by atoms with E-state index < -0.39 is 17.9 Å². The highest BCUT2D eigenvalue weighted by Gasteiger charge is 2.60. The van der Waals surface area contributed by atoms with Crippen LogP contribution in [0.1, 0.15) is 27.7 Å². The highest BCUT2D eigenvalue weighted by atomic mass is 16.9. The van der Waals surface area contributed by atoms with E-state index in [0.29, 0.717) is 6.54 Å². The number of fused-ring (bicyclic) bond motifs is 3. The molecule has 3 aliphatic rings. The summed E-state index contributed by atoms with van der Waals surface area (Å²) in [6, 6.07) is 2.57. The molecule has 118 valence electrons. The zero-order chi connectivity index (χ0) is 15.3. The van der Waals surface area contributed by atoms with Gasteiger partial charge in [-0.05, 0) is 27.7 Å². The fraction of sp³-hybridized carbons (Fsp3) is 0.929. The summed E-state index contributed by atoms with van der Waals surface area (Å²) in [4.78, 5) is 7.82. The Morgan fingerprint density at radius 3 is 2.24 bits per heavy atom. The van der Waals surface area contributed by atoms with Gasteiger partial charge in [0, 0.05) is 7.05 Å². The van der Waals surface area contributed by atoms with Crippen molar-refractivity contribution in [1.29, 1.82) is 0 Å². The van der Waals surface area contributed by atoms with Crippen molar-refractivity contribution in [3.63, 3.8) is 0 Å². The topological polar surface area (TPSA) is 70.9 Å². The molecule has 0 aromatic rings. The van der Waals surface area contributed by atoms with Crippen LogP contribution in [-0.2, 0) is 23.7 Å². The summed E-state index contributed by atoms with van der Waals surface area (Å²) in [5.74, 6) is -1.37. The lowest BCUT2D eigenvalue weighted by molar-refractivity contribution is -0.231. The second-order valence-electron chi connectivity index (χ2n) is 6.37. The van der Waals surface area contributed by atoms with Crippen molar-refractivity contribution in [1.82, 2.24) is 0 Å². The normalized spacial score (nSPS) is 42.8. The van der Waals surface area contributed by atoms with E-state index in [4.69, 9.17) is 23.7 Å². The first-order valence-electron chi connectivity index (χ1n) is 7.18. The molecule has 0 radical (unpaired) electrons. The molecule has 0 unspecified atom stereocenters. The smallest absolute Gasteiger partial charge is 0.190 e. The summed E-state index contributed by atoms with van der Waals surface area (Å²) in [5.41, 5.74) is 0. The lowest BCUT2D eigenvalue weighted by Gasteiger charge is -2.36. The summed E-state index contributed by atoms with van der Waals surface area (Å²) in [6.07, 6.45) is -1.53. The Labute approximate surface area is 124 Å². The summed E-state index contributed by atoms with van der Waals surface area (Å²) in [7, 11) is 1.62. The molecule has 5 atom stereocenters. The summed E-state index contributed by atoms with van der Waals surface area (Å²) in [5, 5.41) is 0. The number of nitrogens with zero attached hydrogens (tertiary/aromatic N) is 2. The standard InChI is InChI=1S/C14H22N2O5/c1-13(2)18-9-8(6-16-7-15-5)17-12-11(10(9)19-13)20-14(3,4)21-12/h8-12H,6H2,1-5H3/t8-,9+,10+,11-,12-/m1/s1. The summed E-state index contributed by atoms with van der Waals surface area (Å²) < 4.78 is 29.7. The minimum Gasteiger partial charge on any atom is -0.342 e. The van der Waals surface area contributed by atoms with Gasteiger partial charge in [-0.25, -0.2) is 9.98 Å². The van der Waals surface area contributed by atoms with E-state index in [1.165, 1.54) is 0 Å². The van der Waals surface area contributed by atoms with Gasteiger partial charge in [0.25, 0.3) is 0 Å². The monoisotopic (exact) mass is 298 g/mol. The van der Waals surface area contributed by atoms with Gasteiger partial charge in [0.15, 0.2) is 17.9 Å². The molecule has 7 nitrogen and oxygen atoms in total. The third-order valence-electron chi connectivity index (χ3n) is 3.69. The minimum atomic E-state index is -0.695. The number of hydrogen-bond acceptors (Lipinski definition) is 7. The van der Waals surface area contributed by atoms with E-state index in [-0.39, 0.29) is 24.4 Å². The number of ether oxygens (including phenoxy) is 5. The molecule has 0 saturated carbocycles. The molecule has 0 aromatic heterocycles. The fourth-order valence-corrected chi connectivity index (χ4v) is 3.04. The number of hydrogen-bond donors (Lipinski definition) is 0. The molecule has 0 aromatic carbocycles. The second-order valence-corrected chi connectivity index (χ2v) is 6.37. The summed E-state index contributed by atoms with van der Waals surface area (Å²) >= 11 is 0. The van der Waals surface area contributed by atoms with Crippen LogP contribution in [0.3, 0.4) is 0 Å². The number of rotatable bonds is 2. The van der Waals surface area contributed by atoms with Crippen LogP contribution in [0, 0.1) is 0 Å². The van der Waals surface area contributed by atoms with Gasteiger partial charge < -0.3 is 23.7 Å². The van der Waals surface area contributed by atoms with Crippen LogP contribution in [0.4, 0.5) is 0 Å². The molecular weight excluding hydrogens is 276 g/mol. The molecule has 0 amide bonds. The minimum absolute atomic E-state index is 0.237. The molecule has 3 rings (SSSR count). The van der Waals surface area contributed by atoms with Gasteiger partial charge in [0.2, 0.25) is 0 Å². The van der Waals surface area contributed by atoms with Crippen LogP contribution in [0.2, 0.25) is 0 Å². The average molecular weight is 298 g/mol. The van der Waals surface area contributed by atoms with Crippen molar-refractivity contribution in [3.8, 4) is 0 Å². The quantitative estimate of drug-likeness (QED) is 0.716.